The van der Waals surface area contributed by atoms with Gasteiger partial charge < -0.3 is 5.32 Å². The Morgan fingerprint density at radius 3 is 2.43 bits per heavy atom. The van der Waals surface area contributed by atoms with Crippen LogP contribution in [0, 0.1) is 20.8 Å². The fourth-order valence-corrected chi connectivity index (χ4v) is 2.74. The first-order valence-electron chi connectivity index (χ1n) is 7.69. The van der Waals surface area contributed by atoms with Gasteiger partial charge in [-0.3, -0.25) is 14.7 Å². The second kappa shape index (κ2) is 7.67. The summed E-state index contributed by atoms with van der Waals surface area (Å²) in [6.45, 7) is 6.25. The van der Waals surface area contributed by atoms with Crippen LogP contribution in [0.4, 0.5) is 0 Å². The number of nitrogens with one attached hydrogen (secondary N) is 2. The minimum Gasteiger partial charge on any atom is -0.349 e. The Bertz CT molecular complexity index is 670. The van der Waals surface area contributed by atoms with E-state index in [4.69, 9.17) is 0 Å². The van der Waals surface area contributed by atoms with Crippen LogP contribution in [0.2, 0.25) is 0 Å². The van der Waals surface area contributed by atoms with Crippen molar-refractivity contribution in [3.05, 3.63) is 46.5 Å². The van der Waals surface area contributed by atoms with Gasteiger partial charge in [-0.2, -0.15) is 5.10 Å². The minimum absolute atomic E-state index is 0.0912. The summed E-state index contributed by atoms with van der Waals surface area (Å²) in [5, 5.41) is 9.13. The molecular formula is C17H22N4O2. The number of carbonyl (C=O) groups excluding carboxylic acids is 2. The molecule has 6 heteroatoms. The standard InChI is InChI=1S/C17H22N4O2/c1-11-7-12(2)17(13(3)8-11)14(22)5-4-6-16(23)18-9-15-19-10-20-21-15/h7-8,10H,4-6,9H2,1-3H3,(H,18,23)(H,19,20,21). The maximum atomic E-state index is 12.4. The lowest BCUT2D eigenvalue weighted by Crippen LogP contribution is -2.23. The van der Waals surface area contributed by atoms with Crippen LogP contribution in [0.1, 0.15) is 52.1 Å². The lowest BCUT2D eigenvalue weighted by molar-refractivity contribution is -0.121. The molecule has 0 fully saturated rings. The normalized spacial score (nSPS) is 10.6. The number of benzene rings is 1. The predicted molar refractivity (Wildman–Crippen MR) is 87.1 cm³/mol. The summed E-state index contributed by atoms with van der Waals surface area (Å²) in [7, 11) is 0. The number of H-pyrrole nitrogens is 1. The summed E-state index contributed by atoms with van der Waals surface area (Å²) in [6.07, 6.45) is 2.63. The van der Waals surface area contributed by atoms with Crippen LogP contribution < -0.4 is 5.32 Å². The quantitative estimate of drug-likeness (QED) is 0.768. The number of aromatic nitrogens is 3. The van der Waals surface area contributed by atoms with Gasteiger partial charge in [0.25, 0.3) is 0 Å². The zero-order valence-corrected chi connectivity index (χ0v) is 13.8. The van der Waals surface area contributed by atoms with E-state index in [2.05, 4.69) is 20.5 Å². The molecule has 0 aliphatic rings. The van der Waals surface area contributed by atoms with Gasteiger partial charge in [0.1, 0.15) is 12.2 Å². The molecule has 0 atom stereocenters. The highest BCUT2D eigenvalue weighted by molar-refractivity contribution is 5.99. The third-order valence-corrected chi connectivity index (χ3v) is 3.68. The Morgan fingerprint density at radius 2 is 1.83 bits per heavy atom. The second-order valence-electron chi connectivity index (χ2n) is 5.76. The van der Waals surface area contributed by atoms with Crippen LogP contribution in [0.15, 0.2) is 18.5 Å². The Hall–Kier alpha value is -2.50. The lowest BCUT2D eigenvalue weighted by atomic mass is 9.94. The van der Waals surface area contributed by atoms with E-state index in [1.807, 2.05) is 32.9 Å². The number of aromatic amines is 1. The van der Waals surface area contributed by atoms with Crippen molar-refractivity contribution >= 4 is 11.7 Å². The Labute approximate surface area is 135 Å². The van der Waals surface area contributed by atoms with E-state index in [1.54, 1.807) is 0 Å². The Balaban J connectivity index is 1.79. The summed E-state index contributed by atoms with van der Waals surface area (Å²) in [5.41, 5.74) is 3.95. The third kappa shape index (κ3) is 4.74. The van der Waals surface area contributed by atoms with Crippen LogP contribution in [0.25, 0.3) is 0 Å². The van der Waals surface area contributed by atoms with Crippen molar-refractivity contribution in [3.8, 4) is 0 Å². The molecule has 1 aromatic heterocycles. The number of hydrogen-bond acceptors (Lipinski definition) is 4. The molecule has 1 aromatic carbocycles. The van der Waals surface area contributed by atoms with Crippen molar-refractivity contribution in [3.63, 3.8) is 0 Å². The van der Waals surface area contributed by atoms with Gasteiger partial charge in [0.2, 0.25) is 5.91 Å². The van der Waals surface area contributed by atoms with Crippen molar-refractivity contribution in [2.45, 2.75) is 46.6 Å². The molecule has 0 saturated heterocycles. The summed E-state index contributed by atoms with van der Waals surface area (Å²) in [5.74, 6) is 0.620. The summed E-state index contributed by atoms with van der Waals surface area (Å²) < 4.78 is 0. The van der Waals surface area contributed by atoms with Gasteiger partial charge in [0.15, 0.2) is 5.78 Å². The first kappa shape index (κ1) is 16.9. The van der Waals surface area contributed by atoms with E-state index >= 15 is 0 Å². The molecule has 0 radical (unpaired) electrons. The average molecular weight is 314 g/mol. The molecule has 1 amide bonds. The number of carbonyl (C=O) groups is 2. The summed E-state index contributed by atoms with van der Waals surface area (Å²) in [4.78, 5) is 28.0. The molecule has 23 heavy (non-hydrogen) atoms. The molecule has 0 spiro atoms. The van der Waals surface area contributed by atoms with E-state index in [-0.39, 0.29) is 11.7 Å². The van der Waals surface area contributed by atoms with Crippen LogP contribution in [0.5, 0.6) is 0 Å². The van der Waals surface area contributed by atoms with E-state index in [9.17, 15) is 9.59 Å². The SMILES string of the molecule is Cc1cc(C)c(C(=O)CCCC(=O)NCc2ncn[nH]2)c(C)c1. The molecule has 0 unspecified atom stereocenters. The van der Waals surface area contributed by atoms with Crippen molar-refractivity contribution in [1.82, 2.24) is 20.5 Å². The molecule has 6 nitrogen and oxygen atoms in total. The van der Waals surface area contributed by atoms with Crippen molar-refractivity contribution in [2.24, 2.45) is 0 Å². The third-order valence-electron chi connectivity index (χ3n) is 3.68. The molecule has 2 N–H and O–H groups in total. The second-order valence-corrected chi connectivity index (χ2v) is 5.76. The highest BCUT2D eigenvalue weighted by Crippen LogP contribution is 2.19. The van der Waals surface area contributed by atoms with Gasteiger partial charge in [0.05, 0.1) is 6.54 Å². The van der Waals surface area contributed by atoms with Gasteiger partial charge in [-0.15, -0.1) is 0 Å². The van der Waals surface area contributed by atoms with Gasteiger partial charge in [-0.1, -0.05) is 17.7 Å². The molecule has 2 aromatic rings. The van der Waals surface area contributed by atoms with E-state index < -0.39 is 0 Å². The molecular weight excluding hydrogens is 292 g/mol. The molecule has 2 rings (SSSR count). The lowest BCUT2D eigenvalue weighted by Gasteiger charge is -2.10. The molecule has 122 valence electrons. The Kier molecular flexibility index (Phi) is 5.62. The zero-order valence-electron chi connectivity index (χ0n) is 13.8. The smallest absolute Gasteiger partial charge is 0.220 e. The van der Waals surface area contributed by atoms with Crippen molar-refractivity contribution in [2.75, 3.05) is 0 Å². The summed E-state index contributed by atoms with van der Waals surface area (Å²) in [6, 6.07) is 4.04. The number of ketones is 1. The number of Topliss-reactive ketones (excluding diaryl/α,β-unsaturated/α-hetero) is 1. The monoisotopic (exact) mass is 314 g/mol. The molecule has 0 aliphatic heterocycles. The number of nitrogens with zero attached hydrogens (tertiary/aromatic N) is 2. The molecule has 1 heterocycles. The Morgan fingerprint density at radius 1 is 1.13 bits per heavy atom. The van der Waals surface area contributed by atoms with Gasteiger partial charge in [-0.05, 0) is 38.3 Å². The number of hydrogen-bond donors (Lipinski definition) is 2. The average Bonchev–Trinajstić information content (AvgIpc) is 2.97. The summed E-state index contributed by atoms with van der Waals surface area (Å²) >= 11 is 0. The van der Waals surface area contributed by atoms with Gasteiger partial charge in [0, 0.05) is 18.4 Å². The fraction of sp³-hybridized carbons (Fsp3) is 0.412. The van der Waals surface area contributed by atoms with Crippen molar-refractivity contribution < 1.29 is 9.59 Å². The van der Waals surface area contributed by atoms with E-state index in [1.165, 1.54) is 6.33 Å². The fourth-order valence-electron chi connectivity index (χ4n) is 2.74. The van der Waals surface area contributed by atoms with Crippen LogP contribution in [0.3, 0.4) is 0 Å². The molecule has 0 bridgehead atoms. The molecule has 0 aliphatic carbocycles. The zero-order chi connectivity index (χ0) is 16.8. The first-order valence-corrected chi connectivity index (χ1v) is 7.69. The van der Waals surface area contributed by atoms with Crippen LogP contribution in [-0.2, 0) is 11.3 Å². The number of amides is 1. The topological polar surface area (TPSA) is 87.7 Å². The van der Waals surface area contributed by atoms with Crippen molar-refractivity contribution in [1.29, 1.82) is 0 Å². The maximum absolute atomic E-state index is 12.4. The first-order chi connectivity index (χ1) is 11.0. The van der Waals surface area contributed by atoms with Crippen LogP contribution >= 0.6 is 0 Å². The largest absolute Gasteiger partial charge is 0.349 e. The highest BCUT2D eigenvalue weighted by Gasteiger charge is 2.13. The van der Waals surface area contributed by atoms with Gasteiger partial charge >= 0.3 is 0 Å². The van der Waals surface area contributed by atoms with E-state index in [0.717, 1.165) is 22.3 Å². The van der Waals surface area contributed by atoms with Gasteiger partial charge in [-0.25, -0.2) is 4.98 Å². The van der Waals surface area contributed by atoms with Crippen LogP contribution in [-0.4, -0.2) is 26.9 Å². The number of aryl methyl sites for hydroxylation is 3. The molecule has 0 saturated carbocycles. The predicted octanol–water partition coefficient (Wildman–Crippen LogP) is 2.40. The maximum Gasteiger partial charge on any atom is 0.220 e. The van der Waals surface area contributed by atoms with E-state index in [0.29, 0.717) is 31.6 Å². The highest BCUT2D eigenvalue weighted by atomic mass is 16.1. The number of rotatable bonds is 7. The minimum atomic E-state index is -0.0912.